The van der Waals surface area contributed by atoms with Crippen molar-refractivity contribution in [3.05, 3.63) is 59.7 Å². The molecule has 1 saturated heterocycles. The number of carboxylic acid groups (broad SMARTS) is 1. The molecule has 1 aliphatic rings. The maximum Gasteiger partial charge on any atom is 0.315 e. The van der Waals surface area contributed by atoms with Crippen molar-refractivity contribution < 1.29 is 28.8 Å². The van der Waals surface area contributed by atoms with E-state index in [1.807, 2.05) is 6.92 Å². The molecule has 4 N–H and O–H groups in total. The molecule has 35 heavy (non-hydrogen) atoms. The predicted octanol–water partition coefficient (Wildman–Crippen LogP) is 1.71. The van der Waals surface area contributed by atoms with E-state index in [2.05, 4.69) is 0 Å². The lowest BCUT2D eigenvalue weighted by atomic mass is 10.0. The number of aliphatic carboxylic acids is 1. The summed E-state index contributed by atoms with van der Waals surface area (Å²) in [6, 6.07) is 12.0. The number of rotatable bonds is 10. The quantitative estimate of drug-likeness (QED) is 0.194. The number of nitrogens with zero attached hydrogens (tertiary/aromatic N) is 2. The van der Waals surface area contributed by atoms with E-state index in [1.165, 1.54) is 16.1 Å². The number of hydrogen-bond acceptors (Lipinski definition) is 6. The molecule has 2 aromatic rings. The number of benzene rings is 2. The van der Waals surface area contributed by atoms with Crippen LogP contribution in [0.25, 0.3) is 0 Å². The second kappa shape index (κ2) is 11.2. The standard InChI is InChI=1S/C24H28N4O6S/c1-3-11-27-20(34-17-9-7-15(8-10-17)22(25)26)14-28(24(32)23(27)31)19(13-21(29)30)16-5-4-6-18(12-16)35(2)33/h4-10,12,19-20H,3,11,13-14H2,1-2H3,(H3,25,26)(H,29,30). The number of carboxylic acids is 1. The lowest BCUT2D eigenvalue weighted by molar-refractivity contribution is -0.169. The van der Waals surface area contributed by atoms with E-state index in [1.54, 1.807) is 48.5 Å². The van der Waals surface area contributed by atoms with Crippen molar-refractivity contribution in [1.29, 1.82) is 5.41 Å². The number of nitrogen functional groups attached to an aromatic ring is 1. The Balaban J connectivity index is 1.96. The maximum atomic E-state index is 13.1. The van der Waals surface area contributed by atoms with Crippen LogP contribution in [0.4, 0.5) is 0 Å². The Hall–Kier alpha value is -3.57. The number of piperazine rings is 1. The van der Waals surface area contributed by atoms with Crippen LogP contribution in [0.15, 0.2) is 53.4 Å². The highest BCUT2D eigenvalue weighted by atomic mass is 32.2. The van der Waals surface area contributed by atoms with Crippen LogP contribution in [0.5, 0.6) is 5.75 Å². The summed E-state index contributed by atoms with van der Waals surface area (Å²) >= 11 is -1.31. The molecule has 0 saturated carbocycles. The van der Waals surface area contributed by atoms with Gasteiger partial charge in [-0.3, -0.25) is 24.7 Å². The lowest BCUT2D eigenvalue weighted by Gasteiger charge is -2.43. The van der Waals surface area contributed by atoms with Gasteiger partial charge in [-0.25, -0.2) is 0 Å². The van der Waals surface area contributed by atoms with Crippen LogP contribution in [0.1, 0.15) is 36.9 Å². The van der Waals surface area contributed by atoms with Gasteiger partial charge in [0.05, 0.1) is 19.0 Å². The number of ether oxygens (including phenoxy) is 1. The minimum absolute atomic E-state index is 0.0591. The van der Waals surface area contributed by atoms with Crippen LogP contribution in [-0.4, -0.2) is 68.7 Å². The summed E-state index contributed by atoms with van der Waals surface area (Å²) in [5.41, 5.74) is 6.47. The monoisotopic (exact) mass is 500 g/mol. The Morgan fingerprint density at radius 2 is 1.94 bits per heavy atom. The van der Waals surface area contributed by atoms with Crippen LogP contribution in [-0.2, 0) is 25.6 Å². The highest BCUT2D eigenvalue weighted by molar-refractivity contribution is 7.90. The van der Waals surface area contributed by atoms with Crippen LogP contribution < -0.4 is 10.5 Å². The molecule has 1 fully saturated rings. The fourth-order valence-corrected chi connectivity index (χ4v) is 4.50. The maximum absolute atomic E-state index is 13.1. The van der Waals surface area contributed by atoms with Crippen molar-refractivity contribution in [2.45, 2.75) is 36.9 Å². The van der Waals surface area contributed by atoms with Gasteiger partial charge in [-0.15, -0.1) is 0 Å². The molecule has 3 unspecified atom stereocenters. The van der Waals surface area contributed by atoms with Crippen LogP contribution in [0.3, 0.4) is 0 Å². The molecular weight excluding hydrogens is 472 g/mol. The number of hydrogen-bond donors (Lipinski definition) is 3. The molecular formula is C24H28N4O6S. The Morgan fingerprint density at radius 3 is 2.51 bits per heavy atom. The van der Waals surface area contributed by atoms with Gasteiger partial charge in [-0.2, -0.15) is 0 Å². The van der Waals surface area contributed by atoms with Gasteiger partial charge in [-0.05, 0) is 59.6 Å². The molecule has 0 radical (unpaired) electrons. The average molecular weight is 501 g/mol. The fourth-order valence-electron chi connectivity index (χ4n) is 3.93. The normalized spacial score (nSPS) is 17.7. The Morgan fingerprint density at radius 1 is 1.26 bits per heavy atom. The molecule has 1 heterocycles. The van der Waals surface area contributed by atoms with Crippen molar-refractivity contribution in [3.63, 3.8) is 0 Å². The Labute approximate surface area is 206 Å². The molecule has 10 nitrogen and oxygen atoms in total. The second-order valence-electron chi connectivity index (χ2n) is 8.11. The van der Waals surface area contributed by atoms with Crippen LogP contribution in [0, 0.1) is 5.41 Å². The average Bonchev–Trinajstić information content (AvgIpc) is 2.82. The van der Waals surface area contributed by atoms with Gasteiger partial charge in [-0.1, -0.05) is 19.1 Å². The van der Waals surface area contributed by atoms with E-state index >= 15 is 0 Å². The zero-order chi connectivity index (χ0) is 25.7. The first-order valence-corrected chi connectivity index (χ1v) is 12.6. The van der Waals surface area contributed by atoms with E-state index in [0.29, 0.717) is 28.2 Å². The number of carbonyl (C=O) groups is 3. The predicted molar refractivity (Wildman–Crippen MR) is 129 cm³/mol. The molecule has 186 valence electrons. The highest BCUT2D eigenvalue weighted by Gasteiger charge is 2.43. The third kappa shape index (κ3) is 6.11. The molecule has 0 aromatic heterocycles. The number of nitrogens with two attached hydrogens (primary N) is 1. The van der Waals surface area contributed by atoms with Crippen molar-refractivity contribution in [1.82, 2.24) is 9.80 Å². The Kier molecular flexibility index (Phi) is 8.36. The molecule has 11 heteroatoms. The molecule has 0 spiro atoms. The van der Waals surface area contributed by atoms with Crippen LogP contribution >= 0.6 is 0 Å². The van der Waals surface area contributed by atoms with E-state index in [0.717, 1.165) is 0 Å². The molecule has 1 aliphatic heterocycles. The number of amides is 2. The molecule has 3 rings (SSSR count). The van der Waals surface area contributed by atoms with E-state index in [-0.39, 0.29) is 18.9 Å². The zero-order valence-corrected chi connectivity index (χ0v) is 20.3. The molecule has 0 bridgehead atoms. The second-order valence-corrected chi connectivity index (χ2v) is 9.49. The van der Waals surface area contributed by atoms with E-state index in [4.69, 9.17) is 15.9 Å². The summed E-state index contributed by atoms with van der Waals surface area (Å²) < 4.78 is 18.0. The SMILES string of the molecule is CCCN1C(=O)C(=O)N(C(CC(=O)O)c2cccc([S+](C)[O-])c2)CC1Oc1ccc(C(=N)N)cc1. The van der Waals surface area contributed by atoms with Crippen molar-refractivity contribution in [2.75, 3.05) is 19.3 Å². The van der Waals surface area contributed by atoms with Gasteiger partial charge >= 0.3 is 17.8 Å². The van der Waals surface area contributed by atoms with Gasteiger partial charge in [0.25, 0.3) is 0 Å². The smallest absolute Gasteiger partial charge is 0.315 e. The fraction of sp³-hybridized carbons (Fsp3) is 0.333. The molecule has 2 aromatic carbocycles. The number of carbonyl (C=O) groups excluding carboxylic acids is 2. The summed E-state index contributed by atoms with van der Waals surface area (Å²) in [5, 5.41) is 17.1. The van der Waals surface area contributed by atoms with E-state index < -0.39 is 47.7 Å². The minimum atomic E-state index is -1.31. The first-order valence-electron chi connectivity index (χ1n) is 11.0. The largest absolute Gasteiger partial charge is 0.612 e. The number of amidine groups is 1. The van der Waals surface area contributed by atoms with Crippen molar-refractivity contribution >= 4 is 34.8 Å². The summed E-state index contributed by atoms with van der Waals surface area (Å²) in [5.74, 6) is -2.44. The highest BCUT2D eigenvalue weighted by Crippen LogP contribution is 2.31. The third-order valence-corrected chi connectivity index (χ3v) is 6.54. The summed E-state index contributed by atoms with van der Waals surface area (Å²) in [7, 11) is 0. The summed E-state index contributed by atoms with van der Waals surface area (Å²) in [4.78, 5) is 41.0. The van der Waals surface area contributed by atoms with E-state index in [9.17, 15) is 24.0 Å². The zero-order valence-electron chi connectivity index (χ0n) is 19.5. The third-order valence-electron chi connectivity index (χ3n) is 5.63. The molecule has 3 atom stereocenters. The molecule has 0 aliphatic carbocycles. The lowest BCUT2D eigenvalue weighted by Crippen LogP contribution is -2.62. The first-order chi connectivity index (χ1) is 16.6. The van der Waals surface area contributed by atoms with Gasteiger partial charge in [0.2, 0.25) is 0 Å². The number of nitrogens with one attached hydrogen (secondary N) is 1. The van der Waals surface area contributed by atoms with Gasteiger partial charge in [0.1, 0.15) is 17.8 Å². The van der Waals surface area contributed by atoms with Gasteiger partial charge in [0.15, 0.2) is 11.1 Å². The van der Waals surface area contributed by atoms with Gasteiger partial charge in [0, 0.05) is 12.1 Å². The Bertz CT molecular complexity index is 1110. The minimum Gasteiger partial charge on any atom is -0.612 e. The first kappa shape index (κ1) is 26.0. The van der Waals surface area contributed by atoms with Crippen molar-refractivity contribution in [3.8, 4) is 5.75 Å². The summed E-state index contributed by atoms with van der Waals surface area (Å²) in [6.07, 6.45) is 0.797. The van der Waals surface area contributed by atoms with Crippen LogP contribution in [0.2, 0.25) is 0 Å². The van der Waals surface area contributed by atoms with Crippen molar-refractivity contribution in [2.24, 2.45) is 5.73 Å². The summed E-state index contributed by atoms with van der Waals surface area (Å²) in [6.45, 7) is 2.09. The van der Waals surface area contributed by atoms with Gasteiger partial charge < -0.3 is 25.0 Å². The topological polar surface area (TPSA) is 160 Å². The molecule has 2 amide bonds.